The fraction of sp³-hybridized carbons (Fsp3) is 0.265. The molecule has 4 aromatic rings. The molecule has 1 aliphatic rings. The van der Waals surface area contributed by atoms with Gasteiger partial charge < -0.3 is 14.2 Å². The maximum absolute atomic E-state index is 6.62. The van der Waals surface area contributed by atoms with Gasteiger partial charge >= 0.3 is 0 Å². The smallest absolute Gasteiger partial charge is 0.113 e. The Balaban J connectivity index is 1.39. The minimum Gasteiger partial charge on any atom is -0.369 e. The van der Waals surface area contributed by atoms with E-state index in [1.165, 1.54) is 5.56 Å². The van der Waals surface area contributed by atoms with E-state index in [1.807, 2.05) is 60.7 Å². The number of likely N-dealkylation sites (tertiary alicyclic amines) is 1. The Bertz CT molecular complexity index is 1160. The van der Waals surface area contributed by atoms with Crippen LogP contribution >= 0.6 is 0 Å². The topological polar surface area (TPSA) is 30.9 Å². The quantitative estimate of drug-likeness (QED) is 0.234. The first-order valence-corrected chi connectivity index (χ1v) is 13.3. The van der Waals surface area contributed by atoms with Crippen molar-refractivity contribution in [3.8, 4) is 0 Å². The van der Waals surface area contributed by atoms with Gasteiger partial charge in [0.05, 0.1) is 25.9 Å². The summed E-state index contributed by atoms with van der Waals surface area (Å²) in [7, 11) is 0. The highest BCUT2D eigenvalue weighted by Crippen LogP contribution is 2.29. The van der Waals surface area contributed by atoms with E-state index >= 15 is 0 Å². The molecule has 4 aromatic carbocycles. The van der Waals surface area contributed by atoms with Crippen LogP contribution in [0.15, 0.2) is 121 Å². The third kappa shape index (κ3) is 7.18. The maximum atomic E-state index is 6.62. The average Bonchev–Trinajstić information content (AvgIpc) is 2.98. The van der Waals surface area contributed by atoms with Gasteiger partial charge in [0.15, 0.2) is 0 Å². The zero-order valence-electron chi connectivity index (χ0n) is 21.8. The number of benzene rings is 4. The second kappa shape index (κ2) is 13.5. The molecule has 38 heavy (non-hydrogen) atoms. The van der Waals surface area contributed by atoms with Crippen molar-refractivity contribution in [2.45, 2.75) is 50.7 Å². The summed E-state index contributed by atoms with van der Waals surface area (Å²) in [6.45, 7) is 7.58. The first kappa shape index (κ1) is 26.3. The van der Waals surface area contributed by atoms with Crippen LogP contribution in [0.4, 0.5) is 0 Å². The minimum absolute atomic E-state index is 0.101. The molecule has 195 valence electrons. The van der Waals surface area contributed by atoms with Crippen molar-refractivity contribution >= 4 is 0 Å². The highest BCUT2D eigenvalue weighted by atomic mass is 16.6. The normalized spacial score (nSPS) is 21.8. The predicted octanol–water partition coefficient (Wildman–Crippen LogP) is 6.46. The molecular weight excluding hydrogens is 470 g/mol. The summed E-state index contributed by atoms with van der Waals surface area (Å²) in [6, 6.07) is 41.3. The van der Waals surface area contributed by atoms with Crippen LogP contribution in [0, 0.1) is 6.92 Å². The molecule has 5 rings (SSSR count). The summed E-state index contributed by atoms with van der Waals surface area (Å²) in [6.07, 6.45) is -0.712. The van der Waals surface area contributed by atoms with E-state index in [9.17, 15) is 0 Å². The van der Waals surface area contributed by atoms with Crippen LogP contribution in [0.2, 0.25) is 0 Å². The first-order valence-electron chi connectivity index (χ1n) is 13.3. The van der Waals surface area contributed by atoms with E-state index in [-0.39, 0.29) is 24.4 Å². The number of hydrogen-bond donors (Lipinski definition) is 0. The molecule has 1 aliphatic heterocycles. The van der Waals surface area contributed by atoms with E-state index in [4.69, 9.17) is 14.2 Å². The molecule has 0 unspecified atom stereocenters. The molecule has 1 radical (unpaired) electrons. The van der Waals surface area contributed by atoms with Gasteiger partial charge in [0.25, 0.3) is 0 Å². The second-order valence-electron chi connectivity index (χ2n) is 9.84. The minimum atomic E-state index is -0.267. The van der Waals surface area contributed by atoms with Crippen molar-refractivity contribution in [3.63, 3.8) is 0 Å². The van der Waals surface area contributed by atoms with Gasteiger partial charge in [0.1, 0.15) is 12.2 Å². The highest BCUT2D eigenvalue weighted by Gasteiger charge is 2.44. The molecule has 0 amide bonds. The Hall–Kier alpha value is -3.28. The summed E-state index contributed by atoms with van der Waals surface area (Å²) in [4.78, 5) is 2.36. The summed E-state index contributed by atoms with van der Waals surface area (Å²) in [5, 5.41) is 0. The summed E-state index contributed by atoms with van der Waals surface area (Å²) in [5.41, 5.74) is 4.64. The fourth-order valence-electron chi connectivity index (χ4n) is 4.97. The van der Waals surface area contributed by atoms with Gasteiger partial charge in [0, 0.05) is 19.1 Å². The van der Waals surface area contributed by atoms with Gasteiger partial charge in [-0.25, -0.2) is 0 Å². The number of hydrogen-bond acceptors (Lipinski definition) is 4. The fourth-order valence-corrected chi connectivity index (χ4v) is 4.97. The van der Waals surface area contributed by atoms with Gasteiger partial charge in [-0.1, -0.05) is 121 Å². The van der Waals surface area contributed by atoms with Crippen LogP contribution in [0.25, 0.3) is 0 Å². The van der Waals surface area contributed by atoms with Crippen molar-refractivity contribution in [1.82, 2.24) is 4.90 Å². The zero-order valence-corrected chi connectivity index (χ0v) is 21.8. The SMILES string of the molecule is [CH2][C@@H]1[C@@H](OCc2ccccc2)[C@H](OCc2ccccc2)[C@@H](OCc2ccccc2)CN1Cc1ccccc1. The van der Waals surface area contributed by atoms with Gasteiger partial charge in [-0.05, 0) is 29.2 Å². The van der Waals surface area contributed by atoms with Crippen LogP contribution in [-0.2, 0) is 40.6 Å². The number of ether oxygens (including phenoxy) is 3. The lowest BCUT2D eigenvalue weighted by Gasteiger charge is -2.47. The molecule has 4 atom stereocenters. The van der Waals surface area contributed by atoms with E-state index in [2.05, 4.69) is 72.5 Å². The Morgan fingerprint density at radius 2 is 0.921 bits per heavy atom. The van der Waals surface area contributed by atoms with E-state index in [0.717, 1.165) is 23.2 Å². The molecular formula is C34H36NO3. The van der Waals surface area contributed by atoms with Gasteiger partial charge in [0.2, 0.25) is 0 Å². The van der Waals surface area contributed by atoms with Crippen molar-refractivity contribution < 1.29 is 14.2 Å². The van der Waals surface area contributed by atoms with Crippen LogP contribution < -0.4 is 0 Å². The second-order valence-corrected chi connectivity index (χ2v) is 9.84. The standard InChI is InChI=1S/C34H36NO3/c1-27-33(37-25-30-18-10-4-11-19-30)34(38-26-31-20-12-5-13-21-31)32(36-24-29-16-8-3-9-17-29)23-35(27)22-28-14-6-2-7-15-28/h2-21,27,32-34H,1,22-26H2/t27-,32+,33-,34-/m1/s1. The Labute approximate surface area is 226 Å². The zero-order chi connectivity index (χ0) is 26.0. The van der Waals surface area contributed by atoms with Crippen molar-refractivity contribution in [1.29, 1.82) is 0 Å². The van der Waals surface area contributed by atoms with E-state index in [0.29, 0.717) is 26.4 Å². The number of rotatable bonds is 11. The largest absolute Gasteiger partial charge is 0.369 e. The Morgan fingerprint density at radius 3 is 1.39 bits per heavy atom. The summed E-state index contributed by atoms with van der Waals surface area (Å²) in [5.74, 6) is 0. The van der Waals surface area contributed by atoms with Crippen LogP contribution in [0.3, 0.4) is 0 Å². The monoisotopic (exact) mass is 506 g/mol. The number of nitrogens with zero attached hydrogens (tertiary/aromatic N) is 1. The lowest BCUT2D eigenvalue weighted by molar-refractivity contribution is -0.198. The number of piperidine rings is 1. The molecule has 1 heterocycles. The lowest BCUT2D eigenvalue weighted by atomic mass is 9.93. The predicted molar refractivity (Wildman–Crippen MR) is 151 cm³/mol. The third-order valence-corrected chi connectivity index (χ3v) is 7.06. The molecule has 0 N–H and O–H groups in total. The van der Waals surface area contributed by atoms with Crippen LogP contribution in [0.1, 0.15) is 22.3 Å². The molecule has 0 aliphatic carbocycles. The van der Waals surface area contributed by atoms with E-state index in [1.54, 1.807) is 0 Å². The molecule has 0 aromatic heterocycles. The van der Waals surface area contributed by atoms with Crippen molar-refractivity contribution in [2.75, 3.05) is 6.54 Å². The third-order valence-electron chi connectivity index (χ3n) is 7.06. The van der Waals surface area contributed by atoms with E-state index < -0.39 is 0 Å². The lowest BCUT2D eigenvalue weighted by Crippen LogP contribution is -2.62. The molecule has 0 bridgehead atoms. The first-order chi connectivity index (χ1) is 18.8. The molecule has 1 saturated heterocycles. The van der Waals surface area contributed by atoms with Crippen LogP contribution in [0.5, 0.6) is 0 Å². The van der Waals surface area contributed by atoms with Crippen molar-refractivity contribution in [3.05, 3.63) is 151 Å². The van der Waals surface area contributed by atoms with Crippen LogP contribution in [-0.4, -0.2) is 35.8 Å². The molecule has 4 heteroatoms. The Kier molecular flexibility index (Phi) is 9.35. The molecule has 0 saturated carbocycles. The average molecular weight is 507 g/mol. The maximum Gasteiger partial charge on any atom is 0.113 e. The molecule has 4 nitrogen and oxygen atoms in total. The van der Waals surface area contributed by atoms with Gasteiger partial charge in [-0.3, -0.25) is 4.90 Å². The molecule has 1 fully saturated rings. The summed E-state index contributed by atoms with van der Waals surface area (Å²) < 4.78 is 19.8. The van der Waals surface area contributed by atoms with Gasteiger partial charge in [-0.15, -0.1) is 0 Å². The van der Waals surface area contributed by atoms with Gasteiger partial charge in [-0.2, -0.15) is 0 Å². The summed E-state index contributed by atoms with van der Waals surface area (Å²) >= 11 is 0. The molecule has 0 spiro atoms. The van der Waals surface area contributed by atoms with Crippen molar-refractivity contribution in [2.24, 2.45) is 0 Å². The highest BCUT2D eigenvalue weighted by molar-refractivity contribution is 5.18. The Morgan fingerprint density at radius 1 is 0.526 bits per heavy atom.